The van der Waals surface area contributed by atoms with Crippen molar-refractivity contribution < 1.29 is 17.9 Å². The van der Waals surface area contributed by atoms with Crippen LogP contribution in [0.25, 0.3) is 4.91 Å². The van der Waals surface area contributed by atoms with Crippen LogP contribution in [0, 0.1) is 0 Å². The molecule has 1 atom stereocenters. The van der Waals surface area contributed by atoms with Gasteiger partial charge in [0.2, 0.25) is 10.0 Å². The summed E-state index contributed by atoms with van der Waals surface area (Å²) in [7, 11) is -3.74. The molecular weight excluding hydrogens is 448 g/mol. The summed E-state index contributed by atoms with van der Waals surface area (Å²) < 4.78 is 34.5. The summed E-state index contributed by atoms with van der Waals surface area (Å²) >= 11 is 5.99. The molecule has 0 aliphatic carbocycles. The summed E-state index contributed by atoms with van der Waals surface area (Å²) in [5.41, 5.74) is 1.31. The first-order valence-electron chi connectivity index (χ1n) is 10.5. The maximum Gasteiger partial charge on any atom is 0.251 e. The maximum atomic E-state index is 13.1. The van der Waals surface area contributed by atoms with Crippen LogP contribution in [-0.2, 0) is 26.2 Å². The zero-order chi connectivity index (χ0) is 23.5. The number of hydrogen-bond donors (Lipinski definition) is 1. The predicted octanol–water partition coefficient (Wildman–Crippen LogP) is 4.22. The molecule has 8 heteroatoms. The number of benzene rings is 2. The quantitative estimate of drug-likeness (QED) is 0.619. The number of rotatable bonds is 8. The van der Waals surface area contributed by atoms with E-state index in [0.29, 0.717) is 29.3 Å². The monoisotopic (exact) mass is 476 g/mol. The van der Waals surface area contributed by atoms with Crippen LogP contribution in [0.2, 0.25) is 5.02 Å². The first-order chi connectivity index (χ1) is 15.0. The Kier molecular flexibility index (Phi) is 7.45. The van der Waals surface area contributed by atoms with Crippen molar-refractivity contribution in [1.29, 1.82) is 0 Å². The van der Waals surface area contributed by atoms with E-state index in [1.165, 1.54) is 0 Å². The lowest BCUT2D eigenvalue weighted by Gasteiger charge is -2.30. The number of ether oxygens (including phenoxy) is 1. The normalized spacial score (nSPS) is 17.9. The fourth-order valence-electron chi connectivity index (χ4n) is 3.75. The minimum atomic E-state index is -3.74. The molecule has 1 N–H and O–H groups in total. The van der Waals surface area contributed by atoms with Gasteiger partial charge in [-0.15, -0.1) is 0 Å². The molecule has 3 rings (SSSR count). The van der Waals surface area contributed by atoms with E-state index in [-0.39, 0.29) is 17.4 Å². The zero-order valence-electron chi connectivity index (χ0n) is 18.8. The van der Waals surface area contributed by atoms with Gasteiger partial charge in [-0.3, -0.25) is 4.79 Å². The van der Waals surface area contributed by atoms with Crippen molar-refractivity contribution in [3.8, 4) is 0 Å². The maximum absolute atomic E-state index is 13.1. The van der Waals surface area contributed by atoms with Crippen molar-refractivity contribution in [2.24, 2.45) is 0 Å². The number of amides is 1. The second-order valence-corrected chi connectivity index (χ2v) is 10.4. The van der Waals surface area contributed by atoms with E-state index < -0.39 is 21.7 Å². The van der Waals surface area contributed by atoms with Gasteiger partial charge < -0.3 is 9.64 Å². The molecule has 1 unspecified atom stereocenters. The third-order valence-electron chi connectivity index (χ3n) is 5.53. The molecule has 172 valence electrons. The van der Waals surface area contributed by atoms with Crippen LogP contribution in [0.5, 0.6) is 0 Å². The van der Waals surface area contributed by atoms with Crippen LogP contribution in [0.15, 0.2) is 60.2 Å². The van der Waals surface area contributed by atoms with Crippen molar-refractivity contribution in [2.45, 2.75) is 45.9 Å². The van der Waals surface area contributed by atoms with Crippen molar-refractivity contribution in [3.05, 3.63) is 76.3 Å². The average molecular weight is 477 g/mol. The number of nitrogens with zero attached hydrogens (tertiary/aromatic N) is 1. The number of hydrogen-bond acceptors (Lipinski definition) is 4. The van der Waals surface area contributed by atoms with Crippen molar-refractivity contribution in [3.63, 3.8) is 0 Å². The first-order valence-corrected chi connectivity index (χ1v) is 12.4. The molecule has 0 saturated heterocycles. The second-order valence-electron chi connectivity index (χ2n) is 8.34. The lowest BCUT2D eigenvalue weighted by atomic mass is 9.92. The van der Waals surface area contributed by atoms with Crippen molar-refractivity contribution >= 4 is 32.4 Å². The Morgan fingerprint density at radius 2 is 1.75 bits per heavy atom. The van der Waals surface area contributed by atoms with E-state index in [1.807, 2.05) is 37.3 Å². The number of nitrogens with one attached hydrogen (secondary N) is 1. The van der Waals surface area contributed by atoms with E-state index in [2.05, 4.69) is 4.72 Å². The highest BCUT2D eigenvalue weighted by atomic mass is 35.5. The standard InChI is InChI=1S/C24H29ClN2O4S/c1-5-27(23(28)17(2)31-16-18-9-7-6-8-10-18)15-21-22(19-11-13-20(25)14-12-19)32(29,30)26-24(21,3)4/h6-14,17,26H,5,15-16H2,1-4H3. The summed E-state index contributed by atoms with van der Waals surface area (Å²) in [6.45, 7) is 8.11. The first kappa shape index (κ1) is 24.5. The van der Waals surface area contributed by atoms with Gasteiger partial charge in [0.05, 0.1) is 17.1 Å². The summed E-state index contributed by atoms with van der Waals surface area (Å²) in [6, 6.07) is 16.3. The van der Waals surface area contributed by atoms with Crippen LogP contribution in [0.4, 0.5) is 0 Å². The fourth-order valence-corrected chi connectivity index (χ4v) is 5.87. The number of likely N-dealkylation sites (N-methyl/N-ethyl adjacent to an activating group) is 1. The van der Waals surface area contributed by atoms with Crippen molar-refractivity contribution in [1.82, 2.24) is 9.62 Å². The highest BCUT2D eigenvalue weighted by molar-refractivity contribution is 7.99. The van der Waals surface area contributed by atoms with Crippen molar-refractivity contribution in [2.75, 3.05) is 13.1 Å². The van der Waals surface area contributed by atoms with Gasteiger partial charge in [0.1, 0.15) is 6.10 Å². The van der Waals surface area contributed by atoms with Gasteiger partial charge >= 0.3 is 0 Å². The summed E-state index contributed by atoms with van der Waals surface area (Å²) in [5.74, 6) is -0.188. The minimum Gasteiger partial charge on any atom is -0.364 e. The summed E-state index contributed by atoms with van der Waals surface area (Å²) in [6.07, 6.45) is -0.663. The SMILES string of the molecule is CCN(CC1=C(c2ccc(Cl)cc2)S(=O)(=O)NC1(C)C)C(=O)C(C)OCc1ccccc1. The predicted molar refractivity (Wildman–Crippen MR) is 127 cm³/mol. The second kappa shape index (κ2) is 9.75. The molecule has 1 aliphatic rings. The van der Waals surface area contributed by atoms with Gasteiger partial charge in [-0.25, -0.2) is 13.1 Å². The summed E-state index contributed by atoms with van der Waals surface area (Å²) in [5, 5.41) is 0.522. The smallest absolute Gasteiger partial charge is 0.251 e. The molecule has 0 aromatic heterocycles. The van der Waals surface area contributed by atoms with Crippen LogP contribution in [0.1, 0.15) is 38.8 Å². The van der Waals surface area contributed by atoms with E-state index in [1.54, 1.807) is 49.9 Å². The topological polar surface area (TPSA) is 75.7 Å². The van der Waals surface area contributed by atoms with Crippen LogP contribution in [-0.4, -0.2) is 44.0 Å². The molecular formula is C24H29ClN2O4S. The molecule has 0 radical (unpaired) electrons. The Morgan fingerprint density at radius 3 is 2.34 bits per heavy atom. The molecule has 1 amide bonds. The molecule has 1 aliphatic heterocycles. The average Bonchev–Trinajstić information content (AvgIpc) is 2.93. The highest BCUT2D eigenvalue weighted by Gasteiger charge is 2.43. The van der Waals surface area contributed by atoms with Gasteiger partial charge in [0.15, 0.2) is 0 Å². The van der Waals surface area contributed by atoms with Crippen LogP contribution in [0.3, 0.4) is 0 Å². The molecule has 1 heterocycles. The van der Waals surface area contributed by atoms with Crippen LogP contribution >= 0.6 is 11.6 Å². The van der Waals surface area contributed by atoms with E-state index in [9.17, 15) is 13.2 Å². The van der Waals surface area contributed by atoms with Gasteiger partial charge in [0, 0.05) is 18.1 Å². The number of halogens is 1. The Labute approximate surface area is 195 Å². The molecule has 2 aromatic carbocycles. The third-order valence-corrected chi connectivity index (χ3v) is 7.58. The summed E-state index contributed by atoms with van der Waals surface area (Å²) in [4.78, 5) is 15.0. The van der Waals surface area contributed by atoms with E-state index in [4.69, 9.17) is 16.3 Å². The Balaban J connectivity index is 1.86. The van der Waals surface area contributed by atoms with Crippen LogP contribution < -0.4 is 4.72 Å². The minimum absolute atomic E-state index is 0.172. The molecule has 0 fully saturated rings. The number of sulfonamides is 1. The molecule has 0 saturated carbocycles. The third kappa shape index (κ3) is 5.41. The van der Waals surface area contributed by atoms with Gasteiger partial charge in [-0.1, -0.05) is 54.1 Å². The van der Waals surface area contributed by atoms with E-state index in [0.717, 1.165) is 5.56 Å². The molecule has 32 heavy (non-hydrogen) atoms. The molecule has 0 bridgehead atoms. The Morgan fingerprint density at radius 1 is 1.12 bits per heavy atom. The van der Waals surface area contributed by atoms with Gasteiger partial charge in [-0.05, 0) is 56.5 Å². The fraction of sp³-hybridized carbons (Fsp3) is 0.375. The molecule has 0 spiro atoms. The largest absolute Gasteiger partial charge is 0.364 e. The molecule has 6 nitrogen and oxygen atoms in total. The zero-order valence-corrected chi connectivity index (χ0v) is 20.3. The van der Waals surface area contributed by atoms with E-state index >= 15 is 0 Å². The lowest BCUT2D eigenvalue weighted by Crippen LogP contribution is -2.45. The molecule has 2 aromatic rings. The van der Waals surface area contributed by atoms with Gasteiger partial charge in [-0.2, -0.15) is 0 Å². The van der Waals surface area contributed by atoms with Gasteiger partial charge in [0.25, 0.3) is 5.91 Å². The number of carbonyl (C=O) groups is 1. The Hall–Kier alpha value is -2.19. The lowest BCUT2D eigenvalue weighted by molar-refractivity contribution is -0.142. The number of carbonyl (C=O) groups excluding carboxylic acids is 1. The highest BCUT2D eigenvalue weighted by Crippen LogP contribution is 2.38. The Bertz CT molecular complexity index is 1100.